The van der Waals surface area contributed by atoms with Crippen molar-refractivity contribution >= 4 is 0 Å². The molecular formula is C13H23N3. The summed E-state index contributed by atoms with van der Waals surface area (Å²) in [5, 5.41) is 8.25. The Balaban J connectivity index is 2.02. The van der Waals surface area contributed by atoms with Crippen LogP contribution >= 0.6 is 0 Å². The van der Waals surface area contributed by atoms with E-state index in [9.17, 15) is 0 Å². The lowest BCUT2D eigenvalue weighted by Gasteiger charge is -2.23. The highest BCUT2D eigenvalue weighted by Crippen LogP contribution is 2.23. The largest absolute Gasteiger partial charge is 0.311 e. The zero-order valence-electron chi connectivity index (χ0n) is 10.7. The molecule has 1 aromatic heterocycles. The highest BCUT2D eigenvalue weighted by atomic mass is 15.3. The standard InChI is InChI=1S/C13H23N3/c1-4-11(2)16-9-6-12(15-16)10-13(3)7-5-8-14-13/h6,9,11,14H,4-5,7-8,10H2,1-3H3. The molecule has 1 saturated heterocycles. The molecule has 2 atom stereocenters. The van der Waals surface area contributed by atoms with E-state index in [1.807, 2.05) is 0 Å². The Morgan fingerprint density at radius 2 is 2.44 bits per heavy atom. The van der Waals surface area contributed by atoms with Gasteiger partial charge in [0.1, 0.15) is 0 Å². The quantitative estimate of drug-likeness (QED) is 0.846. The van der Waals surface area contributed by atoms with E-state index < -0.39 is 0 Å². The first kappa shape index (κ1) is 11.6. The van der Waals surface area contributed by atoms with Crippen LogP contribution in [0.2, 0.25) is 0 Å². The van der Waals surface area contributed by atoms with Crippen molar-refractivity contribution in [1.29, 1.82) is 0 Å². The molecule has 0 bridgehead atoms. The summed E-state index contributed by atoms with van der Waals surface area (Å²) in [4.78, 5) is 0. The fourth-order valence-corrected chi connectivity index (χ4v) is 2.41. The Morgan fingerprint density at radius 3 is 3.06 bits per heavy atom. The van der Waals surface area contributed by atoms with Gasteiger partial charge in [0.2, 0.25) is 0 Å². The Bertz CT molecular complexity index is 337. The molecular weight excluding hydrogens is 198 g/mol. The topological polar surface area (TPSA) is 29.9 Å². The first-order valence-corrected chi connectivity index (χ1v) is 6.42. The van der Waals surface area contributed by atoms with Gasteiger partial charge in [-0.25, -0.2) is 0 Å². The summed E-state index contributed by atoms with van der Waals surface area (Å²) in [6, 6.07) is 2.68. The molecule has 16 heavy (non-hydrogen) atoms. The number of nitrogens with zero attached hydrogens (tertiary/aromatic N) is 2. The SMILES string of the molecule is CCC(C)n1ccc(CC2(C)CCCN2)n1. The molecule has 2 unspecified atom stereocenters. The van der Waals surface area contributed by atoms with Crippen LogP contribution in [0, 0.1) is 0 Å². The lowest BCUT2D eigenvalue weighted by Crippen LogP contribution is -2.38. The molecule has 0 aromatic carbocycles. The van der Waals surface area contributed by atoms with Gasteiger partial charge in [0.05, 0.1) is 5.69 Å². The van der Waals surface area contributed by atoms with E-state index in [0.717, 1.165) is 19.4 Å². The summed E-state index contributed by atoms with van der Waals surface area (Å²) in [5.74, 6) is 0. The summed E-state index contributed by atoms with van der Waals surface area (Å²) in [7, 11) is 0. The van der Waals surface area contributed by atoms with Gasteiger partial charge in [0, 0.05) is 24.2 Å². The molecule has 1 N–H and O–H groups in total. The summed E-state index contributed by atoms with van der Waals surface area (Å²) in [5.41, 5.74) is 1.49. The molecule has 1 fully saturated rings. The molecule has 1 aliphatic rings. The summed E-state index contributed by atoms with van der Waals surface area (Å²) < 4.78 is 2.09. The van der Waals surface area contributed by atoms with Crippen LogP contribution in [0.1, 0.15) is 51.8 Å². The fraction of sp³-hybridized carbons (Fsp3) is 0.769. The molecule has 0 saturated carbocycles. The molecule has 1 aliphatic heterocycles. The van der Waals surface area contributed by atoms with Crippen LogP contribution in [0.15, 0.2) is 12.3 Å². The predicted octanol–water partition coefficient (Wildman–Crippen LogP) is 2.54. The normalized spacial score (nSPS) is 27.2. The molecule has 90 valence electrons. The third-order valence-corrected chi connectivity index (χ3v) is 3.73. The van der Waals surface area contributed by atoms with Gasteiger partial charge in [0.15, 0.2) is 0 Å². The third kappa shape index (κ3) is 2.46. The maximum Gasteiger partial charge on any atom is 0.0642 e. The summed E-state index contributed by atoms with van der Waals surface area (Å²) in [6.07, 6.45) is 6.86. The zero-order valence-corrected chi connectivity index (χ0v) is 10.7. The molecule has 1 aromatic rings. The second kappa shape index (κ2) is 4.58. The lowest BCUT2D eigenvalue weighted by atomic mass is 9.94. The Hall–Kier alpha value is -0.830. The summed E-state index contributed by atoms with van der Waals surface area (Å²) in [6.45, 7) is 7.88. The maximum atomic E-state index is 4.67. The first-order chi connectivity index (χ1) is 7.63. The van der Waals surface area contributed by atoms with Crippen molar-refractivity contribution in [2.45, 2.75) is 58.0 Å². The van der Waals surface area contributed by atoms with E-state index in [1.165, 1.54) is 18.5 Å². The third-order valence-electron chi connectivity index (χ3n) is 3.73. The molecule has 0 amide bonds. The van der Waals surface area contributed by atoms with Crippen LogP contribution in [-0.2, 0) is 6.42 Å². The Kier molecular flexibility index (Phi) is 3.33. The number of hydrogen-bond acceptors (Lipinski definition) is 2. The lowest BCUT2D eigenvalue weighted by molar-refractivity contribution is 0.401. The van der Waals surface area contributed by atoms with Gasteiger partial charge in [0.25, 0.3) is 0 Å². The highest BCUT2D eigenvalue weighted by molar-refractivity contribution is 5.07. The van der Waals surface area contributed by atoms with Gasteiger partial charge < -0.3 is 5.32 Å². The van der Waals surface area contributed by atoms with Crippen LogP contribution in [-0.4, -0.2) is 21.9 Å². The predicted molar refractivity (Wildman–Crippen MR) is 66.6 cm³/mol. The van der Waals surface area contributed by atoms with Crippen molar-refractivity contribution in [3.63, 3.8) is 0 Å². The van der Waals surface area contributed by atoms with E-state index in [0.29, 0.717) is 6.04 Å². The first-order valence-electron chi connectivity index (χ1n) is 6.42. The highest BCUT2D eigenvalue weighted by Gasteiger charge is 2.28. The van der Waals surface area contributed by atoms with Gasteiger partial charge in [-0.15, -0.1) is 0 Å². The van der Waals surface area contributed by atoms with Gasteiger partial charge in [-0.2, -0.15) is 5.10 Å². The minimum absolute atomic E-state index is 0.272. The molecule has 3 heteroatoms. The van der Waals surface area contributed by atoms with Gasteiger partial charge in [-0.05, 0) is 45.7 Å². The van der Waals surface area contributed by atoms with Crippen molar-refractivity contribution < 1.29 is 0 Å². The van der Waals surface area contributed by atoms with E-state index in [-0.39, 0.29) is 5.54 Å². The monoisotopic (exact) mass is 221 g/mol. The van der Waals surface area contributed by atoms with Crippen molar-refractivity contribution in [2.24, 2.45) is 0 Å². The van der Waals surface area contributed by atoms with Crippen LogP contribution in [0.3, 0.4) is 0 Å². The van der Waals surface area contributed by atoms with Crippen molar-refractivity contribution in [2.75, 3.05) is 6.54 Å². The smallest absolute Gasteiger partial charge is 0.0642 e. The molecule has 2 rings (SSSR count). The number of aromatic nitrogens is 2. The number of rotatable bonds is 4. The Morgan fingerprint density at radius 1 is 1.62 bits per heavy atom. The van der Waals surface area contributed by atoms with Crippen LogP contribution in [0.5, 0.6) is 0 Å². The zero-order chi connectivity index (χ0) is 11.6. The van der Waals surface area contributed by atoms with Crippen LogP contribution < -0.4 is 5.32 Å². The van der Waals surface area contributed by atoms with E-state index in [4.69, 9.17) is 0 Å². The molecule has 0 aliphatic carbocycles. The van der Waals surface area contributed by atoms with E-state index in [1.54, 1.807) is 0 Å². The molecule has 0 spiro atoms. The molecule has 3 nitrogen and oxygen atoms in total. The average Bonchev–Trinajstić information content (AvgIpc) is 2.87. The number of hydrogen-bond donors (Lipinski definition) is 1. The van der Waals surface area contributed by atoms with Gasteiger partial charge in [-0.3, -0.25) is 4.68 Å². The van der Waals surface area contributed by atoms with Crippen LogP contribution in [0.25, 0.3) is 0 Å². The minimum Gasteiger partial charge on any atom is -0.311 e. The fourth-order valence-electron chi connectivity index (χ4n) is 2.41. The van der Waals surface area contributed by atoms with Crippen LogP contribution in [0.4, 0.5) is 0 Å². The van der Waals surface area contributed by atoms with Gasteiger partial charge >= 0.3 is 0 Å². The number of nitrogens with one attached hydrogen (secondary N) is 1. The molecule has 0 radical (unpaired) electrons. The minimum atomic E-state index is 0.272. The Labute approximate surface area is 98.2 Å². The maximum absolute atomic E-state index is 4.67. The molecule has 2 heterocycles. The van der Waals surface area contributed by atoms with Crippen molar-refractivity contribution in [3.05, 3.63) is 18.0 Å². The second-order valence-corrected chi connectivity index (χ2v) is 5.31. The van der Waals surface area contributed by atoms with E-state index >= 15 is 0 Å². The van der Waals surface area contributed by atoms with Crippen molar-refractivity contribution in [1.82, 2.24) is 15.1 Å². The summed E-state index contributed by atoms with van der Waals surface area (Å²) >= 11 is 0. The second-order valence-electron chi connectivity index (χ2n) is 5.31. The average molecular weight is 221 g/mol. The van der Waals surface area contributed by atoms with Gasteiger partial charge in [-0.1, -0.05) is 6.92 Å². The van der Waals surface area contributed by atoms with Crippen molar-refractivity contribution in [3.8, 4) is 0 Å². The van der Waals surface area contributed by atoms with E-state index in [2.05, 4.69) is 48.1 Å².